The van der Waals surface area contributed by atoms with Crippen LogP contribution in [0.15, 0.2) is 36.4 Å². The summed E-state index contributed by atoms with van der Waals surface area (Å²) in [5.74, 6) is -1.02. The topological polar surface area (TPSA) is 72.7 Å². The molecule has 3 rings (SSSR count). The number of nitrogens with one attached hydrogen (secondary N) is 1. The Balaban J connectivity index is 1.66. The van der Waals surface area contributed by atoms with Gasteiger partial charge >= 0.3 is 0 Å². The van der Waals surface area contributed by atoms with Gasteiger partial charge in [-0.15, -0.1) is 0 Å². The first-order valence-electron chi connectivity index (χ1n) is 6.68. The van der Waals surface area contributed by atoms with Gasteiger partial charge in [-0.2, -0.15) is 0 Å². The van der Waals surface area contributed by atoms with Gasteiger partial charge in [0, 0.05) is 18.2 Å². The molecule has 0 atom stereocenters. The minimum Gasteiger partial charge on any atom is -0.504 e. The molecule has 1 aliphatic carbocycles. The SMILES string of the molecule is Oc1ccc(CNC2Cc3ccccc3C2)c(O)c1O. The van der Waals surface area contributed by atoms with Gasteiger partial charge in [0.05, 0.1) is 0 Å². The summed E-state index contributed by atoms with van der Waals surface area (Å²) >= 11 is 0. The highest BCUT2D eigenvalue weighted by Crippen LogP contribution is 2.37. The highest BCUT2D eigenvalue weighted by atomic mass is 16.3. The molecule has 0 radical (unpaired) electrons. The molecule has 2 aromatic rings. The number of aromatic hydroxyl groups is 3. The Morgan fingerprint density at radius 3 is 2.20 bits per heavy atom. The van der Waals surface area contributed by atoms with Crippen molar-refractivity contribution in [3.8, 4) is 17.2 Å². The van der Waals surface area contributed by atoms with Crippen LogP contribution in [0.3, 0.4) is 0 Å². The van der Waals surface area contributed by atoms with Crippen LogP contribution in [0, 0.1) is 0 Å². The summed E-state index contributed by atoms with van der Waals surface area (Å²) in [4.78, 5) is 0. The molecule has 20 heavy (non-hydrogen) atoms. The van der Waals surface area contributed by atoms with E-state index in [0.717, 1.165) is 12.8 Å². The van der Waals surface area contributed by atoms with Crippen molar-refractivity contribution >= 4 is 0 Å². The van der Waals surface area contributed by atoms with Gasteiger partial charge in [-0.05, 0) is 30.0 Å². The van der Waals surface area contributed by atoms with E-state index in [4.69, 9.17) is 0 Å². The van der Waals surface area contributed by atoms with Gasteiger partial charge in [0.25, 0.3) is 0 Å². The van der Waals surface area contributed by atoms with E-state index in [1.54, 1.807) is 6.07 Å². The first-order valence-corrected chi connectivity index (χ1v) is 6.68. The fourth-order valence-corrected chi connectivity index (χ4v) is 2.71. The molecule has 0 aromatic heterocycles. The third kappa shape index (κ3) is 2.30. The fraction of sp³-hybridized carbons (Fsp3) is 0.250. The lowest BCUT2D eigenvalue weighted by molar-refractivity contribution is 0.363. The third-order valence-corrected chi connectivity index (χ3v) is 3.85. The van der Waals surface area contributed by atoms with Crippen LogP contribution in [0.25, 0.3) is 0 Å². The summed E-state index contributed by atoms with van der Waals surface area (Å²) in [5, 5.41) is 31.9. The van der Waals surface area contributed by atoms with Gasteiger partial charge in [-0.1, -0.05) is 30.3 Å². The number of phenolic OH excluding ortho intramolecular Hbond substituents is 3. The first kappa shape index (κ1) is 12.8. The molecule has 4 nitrogen and oxygen atoms in total. The fourth-order valence-electron chi connectivity index (χ4n) is 2.71. The van der Waals surface area contributed by atoms with E-state index >= 15 is 0 Å². The zero-order valence-corrected chi connectivity index (χ0v) is 11.0. The maximum absolute atomic E-state index is 9.78. The molecule has 0 saturated carbocycles. The number of benzene rings is 2. The van der Waals surface area contributed by atoms with Crippen molar-refractivity contribution in [1.29, 1.82) is 0 Å². The second kappa shape index (κ2) is 5.06. The number of hydrogen-bond acceptors (Lipinski definition) is 4. The Hall–Kier alpha value is -2.20. The predicted octanol–water partition coefficient (Wildman–Crippen LogP) is 2.06. The molecule has 2 aromatic carbocycles. The molecule has 0 bridgehead atoms. The molecule has 104 valence electrons. The van der Waals surface area contributed by atoms with Gasteiger partial charge in [0.15, 0.2) is 11.5 Å². The molecule has 0 saturated heterocycles. The van der Waals surface area contributed by atoms with Crippen LogP contribution in [0.5, 0.6) is 17.2 Å². The zero-order chi connectivity index (χ0) is 14.1. The van der Waals surface area contributed by atoms with Gasteiger partial charge in [0.2, 0.25) is 5.75 Å². The number of phenols is 3. The molecule has 4 N–H and O–H groups in total. The van der Waals surface area contributed by atoms with Crippen molar-refractivity contribution in [3.63, 3.8) is 0 Å². The van der Waals surface area contributed by atoms with Crippen molar-refractivity contribution in [2.24, 2.45) is 0 Å². The predicted molar refractivity (Wildman–Crippen MR) is 75.9 cm³/mol. The lowest BCUT2D eigenvalue weighted by Gasteiger charge is -2.13. The van der Waals surface area contributed by atoms with Crippen molar-refractivity contribution in [1.82, 2.24) is 5.32 Å². The minimum absolute atomic E-state index is 0.256. The Kier molecular flexibility index (Phi) is 3.24. The molecular weight excluding hydrogens is 254 g/mol. The Bertz CT molecular complexity index is 615. The standard InChI is InChI=1S/C16H17NO3/c18-14-6-5-12(15(19)16(14)20)9-17-13-7-10-3-1-2-4-11(10)8-13/h1-6,13,17-20H,7-9H2. The molecule has 0 amide bonds. The van der Waals surface area contributed by atoms with Crippen LogP contribution in [-0.2, 0) is 19.4 Å². The smallest absolute Gasteiger partial charge is 0.200 e. The van der Waals surface area contributed by atoms with E-state index in [0.29, 0.717) is 18.2 Å². The number of rotatable bonds is 3. The molecule has 0 unspecified atom stereocenters. The molecular formula is C16H17NO3. The van der Waals surface area contributed by atoms with Gasteiger partial charge in [-0.3, -0.25) is 0 Å². The van der Waals surface area contributed by atoms with Crippen LogP contribution in [0.2, 0.25) is 0 Å². The van der Waals surface area contributed by atoms with Crippen molar-refractivity contribution in [2.75, 3.05) is 0 Å². The van der Waals surface area contributed by atoms with Gasteiger partial charge < -0.3 is 20.6 Å². The lowest BCUT2D eigenvalue weighted by Crippen LogP contribution is -2.28. The van der Waals surface area contributed by atoms with Crippen LogP contribution in [-0.4, -0.2) is 21.4 Å². The van der Waals surface area contributed by atoms with Crippen molar-refractivity contribution in [3.05, 3.63) is 53.1 Å². The Morgan fingerprint density at radius 1 is 0.900 bits per heavy atom. The van der Waals surface area contributed by atoms with Gasteiger partial charge in [0.1, 0.15) is 0 Å². The first-order chi connectivity index (χ1) is 9.65. The summed E-state index contributed by atoms with van der Waals surface area (Å²) in [7, 11) is 0. The maximum Gasteiger partial charge on any atom is 0.200 e. The molecule has 0 aliphatic heterocycles. The lowest BCUT2D eigenvalue weighted by atomic mass is 10.1. The second-order valence-electron chi connectivity index (χ2n) is 5.20. The average molecular weight is 271 g/mol. The van der Waals surface area contributed by atoms with E-state index in [2.05, 4.69) is 17.4 Å². The molecule has 0 spiro atoms. The summed E-state index contributed by atoms with van der Waals surface area (Å²) in [6.07, 6.45) is 1.95. The van der Waals surface area contributed by atoms with Crippen LogP contribution >= 0.6 is 0 Å². The second-order valence-corrected chi connectivity index (χ2v) is 5.20. The number of fused-ring (bicyclic) bond motifs is 1. The van der Waals surface area contributed by atoms with E-state index in [1.165, 1.54) is 17.2 Å². The molecule has 1 aliphatic rings. The van der Waals surface area contributed by atoms with E-state index in [1.807, 2.05) is 12.1 Å². The summed E-state index contributed by atoms with van der Waals surface area (Å²) in [6, 6.07) is 11.7. The van der Waals surface area contributed by atoms with E-state index < -0.39 is 5.75 Å². The molecule has 0 fully saturated rings. The highest BCUT2D eigenvalue weighted by Gasteiger charge is 2.21. The average Bonchev–Trinajstić information content (AvgIpc) is 2.87. The van der Waals surface area contributed by atoms with Crippen molar-refractivity contribution in [2.45, 2.75) is 25.4 Å². The summed E-state index contributed by atoms with van der Waals surface area (Å²) < 4.78 is 0. The summed E-state index contributed by atoms with van der Waals surface area (Å²) in [5.41, 5.74) is 3.31. The monoisotopic (exact) mass is 271 g/mol. The van der Waals surface area contributed by atoms with E-state index in [-0.39, 0.29) is 11.5 Å². The minimum atomic E-state index is -0.459. The highest BCUT2D eigenvalue weighted by molar-refractivity contribution is 5.53. The maximum atomic E-state index is 9.78. The quantitative estimate of drug-likeness (QED) is 0.645. The molecule has 4 heteroatoms. The van der Waals surface area contributed by atoms with E-state index in [9.17, 15) is 15.3 Å². The Morgan fingerprint density at radius 2 is 1.55 bits per heavy atom. The third-order valence-electron chi connectivity index (χ3n) is 3.85. The Labute approximate surface area is 117 Å². The molecule has 0 heterocycles. The summed E-state index contributed by atoms with van der Waals surface area (Å²) in [6.45, 7) is 0.457. The number of hydrogen-bond donors (Lipinski definition) is 4. The zero-order valence-electron chi connectivity index (χ0n) is 11.0. The van der Waals surface area contributed by atoms with Crippen LogP contribution in [0.4, 0.5) is 0 Å². The largest absolute Gasteiger partial charge is 0.504 e. The van der Waals surface area contributed by atoms with Gasteiger partial charge in [-0.25, -0.2) is 0 Å². The van der Waals surface area contributed by atoms with Crippen molar-refractivity contribution < 1.29 is 15.3 Å². The van der Waals surface area contributed by atoms with Crippen LogP contribution in [0.1, 0.15) is 16.7 Å². The normalized spacial score (nSPS) is 14.4. The van der Waals surface area contributed by atoms with Crippen LogP contribution < -0.4 is 5.32 Å².